The van der Waals surface area contributed by atoms with Crippen molar-refractivity contribution >= 4 is 28.3 Å². The fourth-order valence-electron chi connectivity index (χ4n) is 6.07. The highest BCUT2D eigenvalue weighted by molar-refractivity contribution is 7.17. The summed E-state index contributed by atoms with van der Waals surface area (Å²) in [4.78, 5) is 31.5. The van der Waals surface area contributed by atoms with Crippen LogP contribution in [0, 0.1) is 5.82 Å². The summed E-state index contributed by atoms with van der Waals surface area (Å²) < 4.78 is 14.4. The van der Waals surface area contributed by atoms with E-state index >= 15 is 0 Å². The number of hydrogen-bond acceptors (Lipinski definition) is 6. The number of fused-ring (bicyclic) bond motifs is 2. The minimum atomic E-state index is -0.793. The van der Waals surface area contributed by atoms with Crippen LogP contribution in [0.15, 0.2) is 66.7 Å². The van der Waals surface area contributed by atoms with Crippen LogP contribution in [-0.2, 0) is 6.42 Å². The van der Waals surface area contributed by atoms with Gasteiger partial charge in [0.05, 0.1) is 16.7 Å². The monoisotopic (exact) mass is 567 g/mol. The van der Waals surface area contributed by atoms with E-state index in [1.54, 1.807) is 4.90 Å². The van der Waals surface area contributed by atoms with Crippen molar-refractivity contribution < 1.29 is 14.3 Å². The molecule has 3 aromatic carbocycles. The molecule has 2 aromatic heterocycles. The Morgan fingerprint density at radius 3 is 2.59 bits per heavy atom. The lowest BCUT2D eigenvalue weighted by atomic mass is 9.89. The zero-order valence-corrected chi connectivity index (χ0v) is 23.5. The number of para-hydroxylation sites is 2. The molecule has 9 heteroatoms. The first-order valence-electron chi connectivity index (χ1n) is 14.0. The van der Waals surface area contributed by atoms with Crippen LogP contribution in [0.3, 0.4) is 0 Å². The third-order valence-electron chi connectivity index (χ3n) is 8.35. The van der Waals surface area contributed by atoms with Gasteiger partial charge in [0.25, 0.3) is 5.91 Å². The standard InChI is InChI=1S/C32H30FN5O2S/c1-37-15-12-20(13-16-37)19-6-8-21(9-7-19)31-36-26-14-17-38(32(40)29(26)41-31)28(23-18-22(33)10-11-27(23)39)30-34-24-4-2-3-5-25(24)35-30/h2-11,18,20,28,39H,12-17H2,1H3,(H,34,35). The van der Waals surface area contributed by atoms with Crippen LogP contribution in [0.5, 0.6) is 5.75 Å². The van der Waals surface area contributed by atoms with Crippen molar-refractivity contribution in [2.24, 2.45) is 0 Å². The molecule has 0 saturated carbocycles. The van der Waals surface area contributed by atoms with E-state index in [-0.39, 0.29) is 17.2 Å². The number of thiazole rings is 1. The number of imidazole rings is 1. The largest absolute Gasteiger partial charge is 0.508 e. The second kappa shape index (κ2) is 10.4. The first kappa shape index (κ1) is 25.9. The summed E-state index contributed by atoms with van der Waals surface area (Å²) >= 11 is 1.39. The number of nitrogens with one attached hydrogen (secondary N) is 1. The molecule has 4 heterocycles. The second-order valence-corrected chi connectivity index (χ2v) is 12.0. The van der Waals surface area contributed by atoms with E-state index in [1.807, 2.05) is 24.3 Å². The van der Waals surface area contributed by atoms with Crippen LogP contribution >= 0.6 is 11.3 Å². The Morgan fingerprint density at radius 2 is 1.80 bits per heavy atom. The number of amides is 1. The van der Waals surface area contributed by atoms with E-state index in [4.69, 9.17) is 9.97 Å². The van der Waals surface area contributed by atoms with Gasteiger partial charge < -0.3 is 19.9 Å². The van der Waals surface area contributed by atoms with Crippen molar-refractivity contribution in [3.8, 4) is 16.3 Å². The van der Waals surface area contributed by atoms with Crippen molar-refractivity contribution in [1.29, 1.82) is 0 Å². The average Bonchev–Trinajstić information content (AvgIpc) is 3.62. The average molecular weight is 568 g/mol. The van der Waals surface area contributed by atoms with Gasteiger partial charge in [-0.1, -0.05) is 36.4 Å². The summed E-state index contributed by atoms with van der Waals surface area (Å²) in [7, 11) is 2.17. The number of hydrogen-bond donors (Lipinski definition) is 2. The van der Waals surface area contributed by atoms with Gasteiger partial charge in [0.1, 0.15) is 33.3 Å². The molecule has 1 atom stereocenters. The maximum atomic E-state index is 14.4. The van der Waals surface area contributed by atoms with Crippen LogP contribution in [0.1, 0.15) is 57.1 Å². The first-order valence-corrected chi connectivity index (χ1v) is 14.8. The highest BCUT2D eigenvalue weighted by Gasteiger charge is 2.37. The van der Waals surface area contributed by atoms with Gasteiger partial charge in [-0.3, -0.25) is 4.79 Å². The highest BCUT2D eigenvalue weighted by atomic mass is 32.1. The second-order valence-electron chi connectivity index (χ2n) is 11.0. The number of piperidine rings is 1. The third kappa shape index (κ3) is 4.79. The molecule has 2 N–H and O–H groups in total. The molecule has 7 rings (SSSR count). The number of phenolic OH excluding ortho intramolecular Hbond substituents is 1. The lowest BCUT2D eigenvalue weighted by molar-refractivity contribution is 0.0685. The summed E-state index contributed by atoms with van der Waals surface area (Å²) in [6.07, 6.45) is 2.88. The van der Waals surface area contributed by atoms with Gasteiger partial charge in [0.2, 0.25) is 0 Å². The SMILES string of the molecule is CN1CCC(c2ccc(-c3nc4c(s3)C(=O)N(C(c3nc5ccccc5[nH]3)c3cc(F)ccc3O)CC4)cc2)CC1. The number of H-pyrrole nitrogens is 1. The van der Waals surface area contributed by atoms with Gasteiger partial charge in [-0.05, 0) is 74.8 Å². The van der Waals surface area contributed by atoms with Gasteiger partial charge in [-0.2, -0.15) is 0 Å². The number of aromatic amines is 1. The molecule has 1 unspecified atom stereocenters. The summed E-state index contributed by atoms with van der Waals surface area (Å²) in [5.41, 5.74) is 4.95. The number of halogens is 1. The molecule has 208 valence electrons. The van der Waals surface area contributed by atoms with E-state index in [2.05, 4.69) is 41.2 Å². The maximum absolute atomic E-state index is 14.4. The van der Waals surface area contributed by atoms with Gasteiger partial charge in [0, 0.05) is 24.1 Å². The highest BCUT2D eigenvalue weighted by Crippen LogP contribution is 2.40. The molecular formula is C32H30FN5O2S. The number of aromatic hydroxyl groups is 1. The number of likely N-dealkylation sites (tertiary alicyclic amines) is 1. The summed E-state index contributed by atoms with van der Waals surface area (Å²) in [5, 5.41) is 11.6. The van der Waals surface area contributed by atoms with Crippen LogP contribution in [-0.4, -0.2) is 62.4 Å². The predicted molar refractivity (Wildman–Crippen MR) is 158 cm³/mol. The lowest BCUT2D eigenvalue weighted by Gasteiger charge is -2.33. The number of aromatic nitrogens is 3. The van der Waals surface area contributed by atoms with Gasteiger partial charge in [-0.15, -0.1) is 11.3 Å². The molecule has 0 radical (unpaired) electrons. The Morgan fingerprint density at radius 1 is 1.02 bits per heavy atom. The Kier molecular flexibility index (Phi) is 6.55. The van der Waals surface area contributed by atoms with E-state index in [0.29, 0.717) is 29.6 Å². The number of benzene rings is 3. The molecule has 0 aliphatic carbocycles. The number of phenols is 1. The first-order chi connectivity index (χ1) is 19.9. The van der Waals surface area contributed by atoms with Crippen molar-refractivity contribution in [3.05, 3.63) is 100 Å². The van der Waals surface area contributed by atoms with Crippen molar-refractivity contribution in [2.75, 3.05) is 26.7 Å². The van der Waals surface area contributed by atoms with E-state index in [0.717, 1.165) is 40.4 Å². The molecule has 5 aromatic rings. The predicted octanol–water partition coefficient (Wildman–Crippen LogP) is 6.13. The van der Waals surface area contributed by atoms with Crippen molar-refractivity contribution in [1.82, 2.24) is 24.8 Å². The molecule has 2 aliphatic heterocycles. The molecule has 1 saturated heterocycles. The molecule has 1 amide bonds. The molecule has 7 nitrogen and oxygen atoms in total. The van der Waals surface area contributed by atoms with Crippen LogP contribution in [0.25, 0.3) is 21.6 Å². The van der Waals surface area contributed by atoms with Crippen molar-refractivity contribution in [2.45, 2.75) is 31.2 Å². The number of rotatable bonds is 5. The van der Waals surface area contributed by atoms with E-state index < -0.39 is 11.9 Å². The Bertz CT molecular complexity index is 1710. The van der Waals surface area contributed by atoms with Gasteiger partial charge in [0.15, 0.2) is 0 Å². The fourth-order valence-corrected chi connectivity index (χ4v) is 7.14. The minimum absolute atomic E-state index is 0.0925. The van der Waals surface area contributed by atoms with Gasteiger partial charge >= 0.3 is 0 Å². The van der Waals surface area contributed by atoms with E-state index in [9.17, 15) is 14.3 Å². The Labute approximate surface area is 241 Å². The zero-order valence-electron chi connectivity index (χ0n) is 22.7. The third-order valence-corrected chi connectivity index (χ3v) is 9.49. The lowest BCUT2D eigenvalue weighted by Crippen LogP contribution is -2.40. The molecular weight excluding hydrogens is 537 g/mol. The molecule has 0 bridgehead atoms. The van der Waals surface area contributed by atoms with Crippen LogP contribution in [0.2, 0.25) is 0 Å². The smallest absolute Gasteiger partial charge is 0.266 e. The molecule has 41 heavy (non-hydrogen) atoms. The normalized spacial score (nSPS) is 17.2. The maximum Gasteiger partial charge on any atom is 0.266 e. The molecule has 1 fully saturated rings. The summed E-state index contributed by atoms with van der Waals surface area (Å²) in [6.45, 7) is 2.60. The number of carbonyl (C=O) groups is 1. The summed E-state index contributed by atoms with van der Waals surface area (Å²) in [6, 6.07) is 19.2. The van der Waals surface area contributed by atoms with Crippen LogP contribution in [0.4, 0.5) is 4.39 Å². The fraction of sp³-hybridized carbons (Fsp3) is 0.281. The topological polar surface area (TPSA) is 85.4 Å². The van der Waals surface area contributed by atoms with Crippen LogP contribution < -0.4 is 0 Å². The Hall–Kier alpha value is -4.08. The number of carbonyl (C=O) groups excluding carboxylic acids is 1. The number of nitrogens with zero attached hydrogens (tertiary/aromatic N) is 4. The quantitative estimate of drug-likeness (QED) is 0.267. The van der Waals surface area contributed by atoms with E-state index in [1.165, 1.54) is 47.9 Å². The molecule has 0 spiro atoms. The minimum Gasteiger partial charge on any atom is -0.508 e. The Balaban J connectivity index is 1.21. The van der Waals surface area contributed by atoms with Gasteiger partial charge in [-0.25, -0.2) is 14.4 Å². The molecule has 2 aliphatic rings. The summed E-state index contributed by atoms with van der Waals surface area (Å²) in [5.74, 6) is 0.262. The van der Waals surface area contributed by atoms with Crippen molar-refractivity contribution in [3.63, 3.8) is 0 Å². The zero-order chi connectivity index (χ0) is 28.1.